The molecule has 6 heteroatoms. The first-order valence-corrected chi connectivity index (χ1v) is 10.5. The van der Waals surface area contributed by atoms with Crippen LogP contribution in [0, 0.1) is 0 Å². The van der Waals surface area contributed by atoms with E-state index in [-0.39, 0.29) is 30.1 Å². The quantitative estimate of drug-likeness (QED) is 0.694. The molecular weight excluding hydrogens is 356 g/mol. The lowest BCUT2D eigenvalue weighted by molar-refractivity contribution is -0.125. The molecule has 1 aliphatic heterocycles. The van der Waals surface area contributed by atoms with Crippen molar-refractivity contribution in [1.29, 1.82) is 0 Å². The average Bonchev–Trinajstić information content (AvgIpc) is 2.92. The monoisotopic (exact) mass is 390 g/mol. The highest BCUT2D eigenvalue weighted by Crippen LogP contribution is 2.39. The molecule has 1 saturated carbocycles. The van der Waals surface area contributed by atoms with E-state index in [4.69, 9.17) is 9.47 Å². The van der Waals surface area contributed by atoms with Crippen LogP contribution in [0.1, 0.15) is 38.2 Å². The van der Waals surface area contributed by atoms with Crippen LogP contribution >= 0.6 is 0 Å². The Hall–Kier alpha value is -1.47. The summed E-state index contributed by atoms with van der Waals surface area (Å²) in [7, 11) is 0. The average molecular weight is 391 g/mol. The van der Waals surface area contributed by atoms with Gasteiger partial charge in [0, 0.05) is 37.7 Å². The van der Waals surface area contributed by atoms with Crippen molar-refractivity contribution in [3.05, 3.63) is 35.9 Å². The van der Waals surface area contributed by atoms with Crippen molar-refractivity contribution in [2.45, 2.75) is 50.2 Å². The first-order chi connectivity index (χ1) is 13.6. The molecule has 1 saturated heterocycles. The SMILES string of the molecule is CCOCC(=O)NC[C@]1(c2ccccc2)CC[C@@H](O)[C@H](N2CCOCC2)CC1. The van der Waals surface area contributed by atoms with Crippen molar-refractivity contribution in [2.24, 2.45) is 0 Å². The number of carbonyl (C=O) groups excluding carboxylic acids is 1. The van der Waals surface area contributed by atoms with Crippen LogP contribution in [0.15, 0.2) is 30.3 Å². The molecule has 2 aliphatic rings. The summed E-state index contributed by atoms with van der Waals surface area (Å²) in [6.45, 7) is 6.32. The van der Waals surface area contributed by atoms with Crippen LogP contribution in [0.3, 0.4) is 0 Å². The molecule has 3 rings (SSSR count). The van der Waals surface area contributed by atoms with Gasteiger partial charge in [0.1, 0.15) is 6.61 Å². The number of rotatable bonds is 7. The zero-order chi connectivity index (χ0) is 19.8. The molecule has 1 aromatic rings. The Balaban J connectivity index is 1.74. The van der Waals surface area contributed by atoms with Crippen molar-refractivity contribution in [3.63, 3.8) is 0 Å². The molecule has 1 aromatic carbocycles. The van der Waals surface area contributed by atoms with E-state index in [9.17, 15) is 9.90 Å². The molecule has 0 unspecified atom stereocenters. The van der Waals surface area contributed by atoms with E-state index in [1.54, 1.807) is 0 Å². The summed E-state index contributed by atoms with van der Waals surface area (Å²) in [6, 6.07) is 10.6. The lowest BCUT2D eigenvalue weighted by Gasteiger charge is -2.37. The normalized spacial score (nSPS) is 29.2. The second kappa shape index (κ2) is 10.3. The fourth-order valence-electron chi connectivity index (χ4n) is 4.57. The van der Waals surface area contributed by atoms with Gasteiger partial charge in [0.05, 0.1) is 19.3 Å². The molecule has 0 bridgehead atoms. The van der Waals surface area contributed by atoms with Gasteiger partial charge in [-0.2, -0.15) is 0 Å². The molecule has 2 fully saturated rings. The molecule has 1 aliphatic carbocycles. The standard InChI is InChI=1S/C22H34N2O4/c1-2-27-16-21(26)23-17-22(18-6-4-3-5-7-18)10-8-19(20(25)9-11-22)24-12-14-28-15-13-24/h3-7,19-20,25H,2,8-17H2,1H3,(H,23,26)/t19-,20-,22-/m1/s1. The molecule has 2 N–H and O–H groups in total. The van der Waals surface area contributed by atoms with Gasteiger partial charge < -0.3 is 19.9 Å². The number of aliphatic hydroxyl groups is 1. The number of hydrogen-bond acceptors (Lipinski definition) is 5. The number of morpholine rings is 1. The van der Waals surface area contributed by atoms with E-state index in [1.807, 2.05) is 13.0 Å². The third-order valence-electron chi connectivity index (χ3n) is 6.24. The number of nitrogens with zero attached hydrogens (tertiary/aromatic N) is 1. The maximum Gasteiger partial charge on any atom is 0.246 e. The number of amides is 1. The molecule has 0 radical (unpaired) electrons. The van der Waals surface area contributed by atoms with Gasteiger partial charge in [0.2, 0.25) is 5.91 Å². The number of hydrogen-bond donors (Lipinski definition) is 2. The van der Waals surface area contributed by atoms with Crippen LogP contribution in [0.25, 0.3) is 0 Å². The summed E-state index contributed by atoms with van der Waals surface area (Å²) >= 11 is 0. The molecule has 3 atom stereocenters. The zero-order valence-electron chi connectivity index (χ0n) is 16.9. The molecule has 1 amide bonds. The zero-order valence-corrected chi connectivity index (χ0v) is 16.9. The van der Waals surface area contributed by atoms with Gasteiger partial charge in [-0.25, -0.2) is 0 Å². The predicted molar refractivity (Wildman–Crippen MR) is 108 cm³/mol. The van der Waals surface area contributed by atoms with Crippen molar-refractivity contribution >= 4 is 5.91 Å². The summed E-state index contributed by atoms with van der Waals surface area (Å²) in [6.07, 6.45) is 3.09. The fraction of sp³-hybridized carbons (Fsp3) is 0.682. The van der Waals surface area contributed by atoms with Crippen LogP contribution in [0.5, 0.6) is 0 Å². The Morgan fingerprint density at radius 1 is 1.25 bits per heavy atom. The van der Waals surface area contributed by atoms with Crippen molar-refractivity contribution in [3.8, 4) is 0 Å². The van der Waals surface area contributed by atoms with Gasteiger partial charge in [0.25, 0.3) is 0 Å². The second-order valence-electron chi connectivity index (χ2n) is 7.92. The Kier molecular flexibility index (Phi) is 7.85. The van der Waals surface area contributed by atoms with Crippen molar-refractivity contribution in [1.82, 2.24) is 10.2 Å². The Morgan fingerprint density at radius 2 is 1.96 bits per heavy atom. The Morgan fingerprint density at radius 3 is 2.68 bits per heavy atom. The highest BCUT2D eigenvalue weighted by atomic mass is 16.5. The molecule has 0 aromatic heterocycles. The van der Waals surface area contributed by atoms with Crippen LogP contribution in [0.2, 0.25) is 0 Å². The molecule has 6 nitrogen and oxygen atoms in total. The second-order valence-corrected chi connectivity index (χ2v) is 7.92. The van der Waals surface area contributed by atoms with E-state index >= 15 is 0 Å². The Labute approximate surface area is 168 Å². The maximum atomic E-state index is 12.2. The fourth-order valence-corrected chi connectivity index (χ4v) is 4.57. The summed E-state index contributed by atoms with van der Waals surface area (Å²) in [4.78, 5) is 14.6. The third kappa shape index (κ3) is 5.32. The lowest BCUT2D eigenvalue weighted by Crippen LogP contribution is -2.48. The van der Waals surface area contributed by atoms with Gasteiger partial charge in [0.15, 0.2) is 0 Å². The molecule has 156 valence electrons. The summed E-state index contributed by atoms with van der Waals surface area (Å²) in [5.41, 5.74) is 1.08. The van der Waals surface area contributed by atoms with Gasteiger partial charge in [-0.05, 0) is 38.2 Å². The predicted octanol–water partition coefficient (Wildman–Crippen LogP) is 1.71. The van der Waals surface area contributed by atoms with E-state index in [2.05, 4.69) is 34.5 Å². The minimum Gasteiger partial charge on any atom is -0.391 e. The molecule has 1 heterocycles. The first-order valence-electron chi connectivity index (χ1n) is 10.5. The van der Waals surface area contributed by atoms with Crippen LogP contribution in [-0.4, -0.2) is 74.1 Å². The van der Waals surface area contributed by atoms with Crippen molar-refractivity contribution < 1.29 is 19.4 Å². The van der Waals surface area contributed by atoms with Crippen LogP contribution in [-0.2, 0) is 19.7 Å². The van der Waals surface area contributed by atoms with Gasteiger partial charge in [-0.3, -0.25) is 9.69 Å². The van der Waals surface area contributed by atoms with Crippen molar-refractivity contribution in [2.75, 3.05) is 46.1 Å². The molecular formula is C22H34N2O4. The highest BCUT2D eigenvalue weighted by Gasteiger charge is 2.40. The van der Waals surface area contributed by atoms with Gasteiger partial charge in [-0.15, -0.1) is 0 Å². The number of carbonyl (C=O) groups is 1. The summed E-state index contributed by atoms with van der Waals surface area (Å²) in [5, 5.41) is 14.0. The van der Waals surface area contributed by atoms with E-state index < -0.39 is 0 Å². The van der Waals surface area contributed by atoms with Crippen LogP contribution < -0.4 is 5.32 Å². The molecule has 28 heavy (non-hydrogen) atoms. The van der Waals surface area contributed by atoms with Gasteiger partial charge in [-0.1, -0.05) is 30.3 Å². The topological polar surface area (TPSA) is 71.0 Å². The number of aliphatic hydroxyl groups excluding tert-OH is 1. The van der Waals surface area contributed by atoms with E-state index in [0.29, 0.717) is 13.2 Å². The third-order valence-corrected chi connectivity index (χ3v) is 6.24. The maximum absolute atomic E-state index is 12.2. The van der Waals surface area contributed by atoms with E-state index in [1.165, 1.54) is 5.56 Å². The van der Waals surface area contributed by atoms with Gasteiger partial charge >= 0.3 is 0 Å². The summed E-state index contributed by atoms with van der Waals surface area (Å²) < 4.78 is 10.7. The smallest absolute Gasteiger partial charge is 0.246 e. The number of ether oxygens (including phenoxy) is 2. The minimum atomic E-state index is -0.345. The number of nitrogens with one attached hydrogen (secondary N) is 1. The first kappa shape index (κ1) is 21.2. The largest absolute Gasteiger partial charge is 0.391 e. The Bertz CT molecular complexity index is 606. The lowest BCUT2D eigenvalue weighted by atomic mass is 9.74. The van der Waals surface area contributed by atoms with Crippen LogP contribution in [0.4, 0.5) is 0 Å². The highest BCUT2D eigenvalue weighted by molar-refractivity contribution is 5.77. The molecule has 0 spiro atoms. The van der Waals surface area contributed by atoms with E-state index in [0.717, 1.165) is 52.0 Å². The number of benzene rings is 1. The minimum absolute atomic E-state index is 0.0771. The summed E-state index contributed by atoms with van der Waals surface area (Å²) in [5.74, 6) is -0.0771.